The molecule has 0 aromatic heterocycles. The fraction of sp³-hybridized carbons (Fsp3) is 0.294. The first kappa shape index (κ1) is 15.1. The molecule has 0 amide bonds. The highest BCUT2D eigenvalue weighted by atomic mass is 32.2. The third-order valence-corrected chi connectivity index (χ3v) is 4.12. The molecular weight excluding hydrogens is 269 g/mol. The van der Waals surface area contributed by atoms with Crippen LogP contribution in [0.3, 0.4) is 0 Å². The Morgan fingerprint density at radius 1 is 1.10 bits per heavy atom. The molecule has 0 heterocycles. The number of hydrogen-bond donors (Lipinski definition) is 1. The summed E-state index contributed by atoms with van der Waals surface area (Å²) in [5.74, 6) is -0.151. The van der Waals surface area contributed by atoms with E-state index in [9.17, 15) is 4.39 Å². The van der Waals surface area contributed by atoms with E-state index in [2.05, 4.69) is 42.8 Å². The van der Waals surface area contributed by atoms with Crippen molar-refractivity contribution >= 4 is 11.8 Å². The molecule has 1 nitrogen and oxygen atoms in total. The molecule has 2 aromatic carbocycles. The number of hydrogen-bond acceptors (Lipinski definition) is 2. The Balaban J connectivity index is 2.35. The molecule has 106 valence electrons. The monoisotopic (exact) mass is 289 g/mol. The highest BCUT2D eigenvalue weighted by molar-refractivity contribution is 7.98. The van der Waals surface area contributed by atoms with Gasteiger partial charge in [-0.05, 0) is 54.6 Å². The number of thioether (sulfide) groups is 1. The van der Waals surface area contributed by atoms with Gasteiger partial charge in [-0.1, -0.05) is 31.2 Å². The molecule has 0 aliphatic heterocycles. The Kier molecular flexibility index (Phi) is 5.21. The third-order valence-electron chi connectivity index (χ3n) is 3.37. The fourth-order valence-electron chi connectivity index (χ4n) is 2.28. The normalized spacial score (nSPS) is 12.4. The summed E-state index contributed by atoms with van der Waals surface area (Å²) in [5.41, 5.74) is 2.99. The van der Waals surface area contributed by atoms with Crippen molar-refractivity contribution in [1.82, 2.24) is 5.32 Å². The van der Waals surface area contributed by atoms with Crippen molar-refractivity contribution < 1.29 is 4.39 Å². The van der Waals surface area contributed by atoms with Gasteiger partial charge in [0.1, 0.15) is 5.82 Å². The second-order valence-electron chi connectivity index (χ2n) is 4.77. The zero-order chi connectivity index (χ0) is 14.5. The van der Waals surface area contributed by atoms with Gasteiger partial charge in [0.2, 0.25) is 0 Å². The van der Waals surface area contributed by atoms with Crippen LogP contribution in [0.1, 0.15) is 29.7 Å². The first-order chi connectivity index (χ1) is 9.65. The van der Waals surface area contributed by atoms with Gasteiger partial charge < -0.3 is 5.32 Å². The molecule has 0 saturated heterocycles. The zero-order valence-electron chi connectivity index (χ0n) is 12.1. The Labute approximate surface area is 124 Å². The summed E-state index contributed by atoms with van der Waals surface area (Å²) in [4.78, 5) is 1.25. The van der Waals surface area contributed by atoms with Gasteiger partial charge in [0.15, 0.2) is 0 Å². The molecule has 0 spiro atoms. The van der Waals surface area contributed by atoms with E-state index in [0.29, 0.717) is 5.56 Å². The molecular formula is C17H20FNS. The smallest absolute Gasteiger partial charge is 0.126 e. The van der Waals surface area contributed by atoms with E-state index in [4.69, 9.17) is 0 Å². The lowest BCUT2D eigenvalue weighted by molar-refractivity contribution is 0.606. The second-order valence-corrected chi connectivity index (χ2v) is 5.65. The molecule has 1 N–H and O–H groups in total. The van der Waals surface area contributed by atoms with Gasteiger partial charge in [0, 0.05) is 4.90 Å². The Morgan fingerprint density at radius 3 is 2.30 bits per heavy atom. The fourth-order valence-corrected chi connectivity index (χ4v) is 2.68. The summed E-state index contributed by atoms with van der Waals surface area (Å²) in [7, 11) is 0. The van der Waals surface area contributed by atoms with E-state index >= 15 is 0 Å². The average molecular weight is 289 g/mol. The maximum absolute atomic E-state index is 13.4. The van der Waals surface area contributed by atoms with Gasteiger partial charge in [-0.15, -0.1) is 11.8 Å². The largest absolute Gasteiger partial charge is 0.307 e. The van der Waals surface area contributed by atoms with Gasteiger partial charge in [-0.3, -0.25) is 0 Å². The zero-order valence-corrected chi connectivity index (χ0v) is 12.9. The van der Waals surface area contributed by atoms with Crippen molar-refractivity contribution in [2.24, 2.45) is 0 Å². The van der Waals surface area contributed by atoms with Gasteiger partial charge >= 0.3 is 0 Å². The van der Waals surface area contributed by atoms with Crippen molar-refractivity contribution in [3.05, 3.63) is 65.0 Å². The van der Waals surface area contributed by atoms with Crippen LogP contribution in [0.15, 0.2) is 47.4 Å². The van der Waals surface area contributed by atoms with Crippen LogP contribution in [0.5, 0.6) is 0 Å². The molecule has 0 fully saturated rings. The first-order valence-electron chi connectivity index (χ1n) is 6.79. The van der Waals surface area contributed by atoms with E-state index in [-0.39, 0.29) is 11.9 Å². The molecule has 2 aromatic rings. The lowest BCUT2D eigenvalue weighted by Gasteiger charge is -2.20. The summed E-state index contributed by atoms with van der Waals surface area (Å²) in [6, 6.07) is 14.0. The van der Waals surface area contributed by atoms with Gasteiger partial charge in [0.25, 0.3) is 0 Å². The van der Waals surface area contributed by atoms with Crippen LogP contribution < -0.4 is 5.32 Å². The van der Waals surface area contributed by atoms with E-state index < -0.39 is 0 Å². The predicted molar refractivity (Wildman–Crippen MR) is 84.9 cm³/mol. The van der Waals surface area contributed by atoms with Gasteiger partial charge in [0.05, 0.1) is 6.04 Å². The Hall–Kier alpha value is -1.32. The number of benzene rings is 2. The van der Waals surface area contributed by atoms with E-state index in [1.165, 1.54) is 10.5 Å². The predicted octanol–water partition coefficient (Wildman–Crippen LogP) is 4.55. The standard InChI is InChI=1S/C17H20FNS/c1-4-19-17(13-5-8-15(20-3)9-6-13)14-7-10-16(18)12(2)11-14/h5-11,17,19H,4H2,1-3H3. The molecule has 0 radical (unpaired) electrons. The highest BCUT2D eigenvalue weighted by Gasteiger charge is 2.14. The van der Waals surface area contributed by atoms with Crippen LogP contribution in [0, 0.1) is 12.7 Å². The van der Waals surface area contributed by atoms with Crippen LogP contribution in [0.4, 0.5) is 4.39 Å². The summed E-state index contributed by atoms with van der Waals surface area (Å²) >= 11 is 1.73. The number of nitrogens with one attached hydrogen (secondary N) is 1. The second kappa shape index (κ2) is 6.91. The molecule has 20 heavy (non-hydrogen) atoms. The van der Waals surface area contributed by atoms with Gasteiger partial charge in [-0.2, -0.15) is 0 Å². The summed E-state index contributed by atoms with van der Waals surface area (Å²) in [6.45, 7) is 4.75. The maximum Gasteiger partial charge on any atom is 0.126 e. The topological polar surface area (TPSA) is 12.0 Å². The Bertz CT molecular complexity index is 566. The Morgan fingerprint density at radius 2 is 1.75 bits per heavy atom. The van der Waals surface area contributed by atoms with E-state index in [1.807, 2.05) is 12.1 Å². The average Bonchev–Trinajstić information content (AvgIpc) is 2.48. The van der Waals surface area contributed by atoms with Crippen molar-refractivity contribution in [2.45, 2.75) is 24.8 Å². The number of halogens is 1. The molecule has 0 bridgehead atoms. The van der Waals surface area contributed by atoms with Crippen LogP contribution in [-0.4, -0.2) is 12.8 Å². The minimum atomic E-state index is -0.151. The SMILES string of the molecule is CCNC(c1ccc(SC)cc1)c1ccc(F)c(C)c1. The minimum Gasteiger partial charge on any atom is -0.307 e. The third kappa shape index (κ3) is 3.41. The molecule has 1 atom stereocenters. The quantitative estimate of drug-likeness (QED) is 0.810. The molecule has 0 saturated carbocycles. The minimum absolute atomic E-state index is 0.107. The van der Waals surface area contributed by atoms with Crippen molar-refractivity contribution in [1.29, 1.82) is 0 Å². The van der Waals surface area contributed by atoms with Crippen molar-refractivity contribution in [3.8, 4) is 0 Å². The summed E-state index contributed by atoms with van der Waals surface area (Å²) in [5, 5.41) is 3.47. The van der Waals surface area contributed by atoms with Crippen molar-refractivity contribution in [3.63, 3.8) is 0 Å². The van der Waals surface area contributed by atoms with Crippen LogP contribution >= 0.6 is 11.8 Å². The lowest BCUT2D eigenvalue weighted by Crippen LogP contribution is -2.22. The van der Waals surface area contributed by atoms with E-state index in [1.54, 1.807) is 24.8 Å². The first-order valence-corrected chi connectivity index (χ1v) is 8.01. The number of aryl methyl sites for hydroxylation is 1. The molecule has 3 heteroatoms. The number of rotatable bonds is 5. The van der Waals surface area contributed by atoms with Crippen LogP contribution in [-0.2, 0) is 0 Å². The molecule has 1 unspecified atom stereocenters. The lowest BCUT2D eigenvalue weighted by atomic mass is 9.97. The maximum atomic E-state index is 13.4. The summed E-state index contributed by atoms with van der Waals surface area (Å²) in [6.07, 6.45) is 2.07. The molecule has 0 aliphatic carbocycles. The molecule has 2 rings (SSSR count). The van der Waals surface area contributed by atoms with Gasteiger partial charge in [-0.25, -0.2) is 4.39 Å². The van der Waals surface area contributed by atoms with Crippen LogP contribution in [0.25, 0.3) is 0 Å². The van der Waals surface area contributed by atoms with Crippen molar-refractivity contribution in [2.75, 3.05) is 12.8 Å². The molecule has 0 aliphatic rings. The van der Waals surface area contributed by atoms with E-state index in [0.717, 1.165) is 12.1 Å². The summed E-state index contributed by atoms with van der Waals surface area (Å²) < 4.78 is 13.4. The highest BCUT2D eigenvalue weighted by Crippen LogP contribution is 2.25. The van der Waals surface area contributed by atoms with Crippen LogP contribution in [0.2, 0.25) is 0 Å².